The lowest BCUT2D eigenvalue weighted by Gasteiger charge is -2.11. The zero-order valence-corrected chi connectivity index (χ0v) is 10.1. The molecule has 1 unspecified atom stereocenters. The van der Waals surface area contributed by atoms with Gasteiger partial charge in [0.1, 0.15) is 18.5 Å². The van der Waals surface area contributed by atoms with Gasteiger partial charge < -0.3 is 15.6 Å². The summed E-state index contributed by atoms with van der Waals surface area (Å²) in [6.07, 6.45) is -0.620. The first-order valence-corrected chi connectivity index (χ1v) is 5.96. The molecule has 3 heteroatoms. The van der Waals surface area contributed by atoms with Gasteiger partial charge in [-0.1, -0.05) is 42.5 Å². The Balaban J connectivity index is 2.11. The molecule has 3 N–H and O–H groups in total. The first-order chi connectivity index (χ1) is 8.79. The van der Waals surface area contributed by atoms with Crippen molar-refractivity contribution in [3.8, 4) is 16.9 Å². The lowest BCUT2D eigenvalue weighted by molar-refractivity contribution is 0.114. The molecule has 0 aliphatic heterocycles. The Morgan fingerprint density at radius 2 is 1.72 bits per heavy atom. The predicted octanol–water partition coefficient (Wildman–Crippen LogP) is 2.05. The van der Waals surface area contributed by atoms with Gasteiger partial charge in [-0.05, 0) is 23.3 Å². The standard InChI is InChI=1S/C15H17NO2/c16-10-14(17)11-18-15-8-4-7-13(9-15)12-5-2-1-3-6-12/h1-9,14,17H,10-11,16H2. The molecule has 94 valence electrons. The van der Waals surface area contributed by atoms with Gasteiger partial charge in [-0.2, -0.15) is 0 Å². The summed E-state index contributed by atoms with van der Waals surface area (Å²) in [7, 11) is 0. The molecule has 2 aromatic carbocycles. The van der Waals surface area contributed by atoms with Gasteiger partial charge in [-0.15, -0.1) is 0 Å². The molecule has 2 rings (SSSR count). The molecule has 0 heterocycles. The number of aliphatic hydroxyl groups is 1. The Morgan fingerprint density at radius 1 is 1.00 bits per heavy atom. The summed E-state index contributed by atoms with van der Waals surface area (Å²) >= 11 is 0. The van der Waals surface area contributed by atoms with Crippen molar-refractivity contribution in [2.24, 2.45) is 5.73 Å². The minimum Gasteiger partial charge on any atom is -0.491 e. The Kier molecular flexibility index (Phi) is 4.34. The Morgan fingerprint density at radius 3 is 2.44 bits per heavy atom. The Hall–Kier alpha value is -1.84. The quantitative estimate of drug-likeness (QED) is 0.845. The molecule has 0 bridgehead atoms. The van der Waals surface area contributed by atoms with Gasteiger partial charge in [0.25, 0.3) is 0 Å². The van der Waals surface area contributed by atoms with E-state index in [1.807, 2.05) is 54.6 Å². The molecule has 1 atom stereocenters. The van der Waals surface area contributed by atoms with Crippen LogP contribution >= 0.6 is 0 Å². The summed E-state index contributed by atoms with van der Waals surface area (Å²) in [6.45, 7) is 0.424. The largest absolute Gasteiger partial charge is 0.491 e. The molecule has 0 fully saturated rings. The maximum absolute atomic E-state index is 9.36. The van der Waals surface area contributed by atoms with E-state index in [9.17, 15) is 5.11 Å². The third-order valence-corrected chi connectivity index (χ3v) is 2.66. The molecule has 0 aromatic heterocycles. The number of aliphatic hydroxyl groups excluding tert-OH is 1. The van der Waals surface area contributed by atoms with Crippen molar-refractivity contribution in [3.63, 3.8) is 0 Å². The van der Waals surface area contributed by atoms with Crippen LogP contribution in [0.5, 0.6) is 5.75 Å². The fraction of sp³-hybridized carbons (Fsp3) is 0.200. The Bertz CT molecular complexity index is 485. The Labute approximate surface area is 107 Å². The number of hydrogen-bond donors (Lipinski definition) is 2. The van der Waals surface area contributed by atoms with Gasteiger partial charge in [0, 0.05) is 6.54 Å². The van der Waals surface area contributed by atoms with Crippen molar-refractivity contribution in [2.45, 2.75) is 6.10 Å². The zero-order chi connectivity index (χ0) is 12.8. The number of nitrogens with two attached hydrogens (primary N) is 1. The highest BCUT2D eigenvalue weighted by Crippen LogP contribution is 2.23. The first kappa shape index (κ1) is 12.6. The average Bonchev–Trinajstić information content (AvgIpc) is 2.46. The molecule has 0 saturated heterocycles. The summed E-state index contributed by atoms with van der Waals surface area (Å²) in [5.74, 6) is 0.740. The number of rotatable bonds is 5. The van der Waals surface area contributed by atoms with E-state index in [2.05, 4.69) is 0 Å². The topological polar surface area (TPSA) is 55.5 Å². The normalized spacial score (nSPS) is 12.1. The van der Waals surface area contributed by atoms with Gasteiger partial charge in [0.05, 0.1) is 0 Å². The number of benzene rings is 2. The summed E-state index contributed by atoms with van der Waals surface area (Å²) in [4.78, 5) is 0. The van der Waals surface area contributed by atoms with Crippen molar-refractivity contribution >= 4 is 0 Å². The summed E-state index contributed by atoms with van der Waals surface area (Å²) < 4.78 is 5.49. The highest BCUT2D eigenvalue weighted by molar-refractivity contribution is 5.64. The van der Waals surface area contributed by atoms with Crippen molar-refractivity contribution < 1.29 is 9.84 Å². The van der Waals surface area contributed by atoms with Gasteiger partial charge >= 0.3 is 0 Å². The van der Waals surface area contributed by atoms with Crippen LogP contribution in [0, 0.1) is 0 Å². The van der Waals surface area contributed by atoms with E-state index in [4.69, 9.17) is 10.5 Å². The van der Waals surface area contributed by atoms with E-state index in [-0.39, 0.29) is 13.2 Å². The minimum atomic E-state index is -0.620. The fourth-order valence-electron chi connectivity index (χ4n) is 1.66. The zero-order valence-electron chi connectivity index (χ0n) is 10.1. The molecule has 0 aliphatic rings. The molecule has 2 aromatic rings. The van der Waals surface area contributed by atoms with Crippen molar-refractivity contribution in [2.75, 3.05) is 13.2 Å². The van der Waals surface area contributed by atoms with Crippen LogP contribution in [0.15, 0.2) is 54.6 Å². The molecule has 18 heavy (non-hydrogen) atoms. The van der Waals surface area contributed by atoms with Gasteiger partial charge in [-0.3, -0.25) is 0 Å². The van der Waals surface area contributed by atoms with Gasteiger partial charge in [0.2, 0.25) is 0 Å². The third-order valence-electron chi connectivity index (χ3n) is 2.66. The van der Waals surface area contributed by atoms with Crippen LogP contribution in [0.3, 0.4) is 0 Å². The summed E-state index contributed by atoms with van der Waals surface area (Å²) in [5, 5.41) is 9.36. The fourth-order valence-corrected chi connectivity index (χ4v) is 1.66. The van der Waals surface area contributed by atoms with E-state index in [1.165, 1.54) is 0 Å². The van der Waals surface area contributed by atoms with Crippen LogP contribution in [0.25, 0.3) is 11.1 Å². The van der Waals surface area contributed by atoms with Crippen LogP contribution in [-0.4, -0.2) is 24.4 Å². The first-order valence-electron chi connectivity index (χ1n) is 5.96. The third kappa shape index (κ3) is 3.32. The molecule has 0 radical (unpaired) electrons. The highest BCUT2D eigenvalue weighted by Gasteiger charge is 2.03. The summed E-state index contributed by atoms with van der Waals surface area (Å²) in [6, 6.07) is 17.9. The highest BCUT2D eigenvalue weighted by atomic mass is 16.5. The number of ether oxygens (including phenoxy) is 1. The lowest BCUT2D eigenvalue weighted by atomic mass is 10.1. The maximum Gasteiger partial charge on any atom is 0.120 e. The second-order valence-electron chi connectivity index (χ2n) is 4.09. The van der Waals surface area contributed by atoms with Crippen LogP contribution in [-0.2, 0) is 0 Å². The minimum absolute atomic E-state index is 0.207. The van der Waals surface area contributed by atoms with Crippen LogP contribution in [0.1, 0.15) is 0 Å². The molecular weight excluding hydrogens is 226 g/mol. The molecule has 3 nitrogen and oxygen atoms in total. The SMILES string of the molecule is NCC(O)COc1cccc(-c2ccccc2)c1. The molecule has 0 amide bonds. The van der Waals surface area contributed by atoms with Crippen molar-refractivity contribution in [3.05, 3.63) is 54.6 Å². The molecular formula is C15H17NO2. The molecule has 0 aliphatic carbocycles. The van der Waals surface area contributed by atoms with E-state index in [0.29, 0.717) is 0 Å². The van der Waals surface area contributed by atoms with Crippen LogP contribution in [0.4, 0.5) is 0 Å². The number of hydrogen-bond acceptors (Lipinski definition) is 3. The second-order valence-corrected chi connectivity index (χ2v) is 4.09. The average molecular weight is 243 g/mol. The van der Waals surface area contributed by atoms with Gasteiger partial charge in [0.15, 0.2) is 0 Å². The molecule has 0 spiro atoms. The lowest BCUT2D eigenvalue weighted by Crippen LogP contribution is -2.26. The van der Waals surface area contributed by atoms with Crippen molar-refractivity contribution in [1.29, 1.82) is 0 Å². The van der Waals surface area contributed by atoms with Gasteiger partial charge in [-0.25, -0.2) is 0 Å². The predicted molar refractivity (Wildman–Crippen MR) is 72.4 cm³/mol. The van der Waals surface area contributed by atoms with E-state index in [0.717, 1.165) is 16.9 Å². The van der Waals surface area contributed by atoms with Crippen LogP contribution < -0.4 is 10.5 Å². The summed E-state index contributed by atoms with van der Waals surface area (Å²) in [5.41, 5.74) is 7.56. The van der Waals surface area contributed by atoms with E-state index in [1.54, 1.807) is 0 Å². The van der Waals surface area contributed by atoms with E-state index < -0.39 is 6.10 Å². The monoisotopic (exact) mass is 243 g/mol. The van der Waals surface area contributed by atoms with E-state index >= 15 is 0 Å². The smallest absolute Gasteiger partial charge is 0.120 e. The maximum atomic E-state index is 9.36. The van der Waals surface area contributed by atoms with Crippen molar-refractivity contribution in [1.82, 2.24) is 0 Å². The molecule has 0 saturated carbocycles. The second kappa shape index (κ2) is 6.19. The van der Waals surface area contributed by atoms with Crippen LogP contribution in [0.2, 0.25) is 0 Å².